The van der Waals surface area contributed by atoms with Crippen LogP contribution in [-0.4, -0.2) is 18.2 Å². The van der Waals surface area contributed by atoms with Crippen LogP contribution >= 0.6 is 27.5 Å². The largest absolute Gasteiger partial charge is 0.387 e. The Morgan fingerprint density at radius 2 is 2.33 bits per heavy atom. The fourth-order valence-corrected chi connectivity index (χ4v) is 1.69. The summed E-state index contributed by atoms with van der Waals surface area (Å²) < 4.78 is 0.959. The lowest BCUT2D eigenvalue weighted by Crippen LogP contribution is -2.22. The molecule has 2 N–H and O–H groups in total. The van der Waals surface area contributed by atoms with E-state index < -0.39 is 6.10 Å². The van der Waals surface area contributed by atoms with E-state index in [1.807, 2.05) is 24.3 Å². The Balaban J connectivity index is 2.46. The maximum absolute atomic E-state index is 9.80. The minimum absolute atomic E-state index is 0.461. The van der Waals surface area contributed by atoms with Crippen LogP contribution in [0.15, 0.2) is 40.3 Å². The Morgan fingerprint density at radius 1 is 1.60 bits per heavy atom. The number of halogens is 2. The van der Waals surface area contributed by atoms with Crippen LogP contribution in [0, 0.1) is 0 Å². The van der Waals surface area contributed by atoms with E-state index in [1.54, 1.807) is 0 Å². The van der Waals surface area contributed by atoms with Crippen molar-refractivity contribution in [2.45, 2.75) is 6.10 Å². The third-order valence-corrected chi connectivity index (χ3v) is 2.51. The molecule has 0 aliphatic heterocycles. The monoisotopic (exact) mass is 289 g/mol. The lowest BCUT2D eigenvalue weighted by atomic mass is 10.1. The van der Waals surface area contributed by atoms with Gasteiger partial charge in [-0.05, 0) is 17.7 Å². The smallest absolute Gasteiger partial charge is 0.0914 e. The zero-order valence-electron chi connectivity index (χ0n) is 8.21. The standard InChI is InChI=1S/C11H13BrClNO/c1-8(13)6-14-7-11(15)9-3-2-4-10(12)5-9/h2-5,11,14-15H,1,6-7H2. The molecule has 1 aromatic rings. The van der Waals surface area contributed by atoms with Crippen LogP contribution in [0.5, 0.6) is 0 Å². The van der Waals surface area contributed by atoms with Gasteiger partial charge in [0, 0.05) is 22.6 Å². The van der Waals surface area contributed by atoms with E-state index in [0.29, 0.717) is 18.1 Å². The van der Waals surface area contributed by atoms with Gasteiger partial charge in [0.1, 0.15) is 0 Å². The molecule has 2 nitrogen and oxygen atoms in total. The van der Waals surface area contributed by atoms with E-state index in [4.69, 9.17) is 11.6 Å². The van der Waals surface area contributed by atoms with Crippen LogP contribution in [0.2, 0.25) is 0 Å². The van der Waals surface area contributed by atoms with Crippen molar-refractivity contribution < 1.29 is 5.11 Å². The first-order valence-electron chi connectivity index (χ1n) is 4.57. The van der Waals surface area contributed by atoms with E-state index in [0.717, 1.165) is 10.0 Å². The van der Waals surface area contributed by atoms with Gasteiger partial charge >= 0.3 is 0 Å². The van der Waals surface area contributed by atoms with Crippen LogP contribution in [0.3, 0.4) is 0 Å². The molecule has 0 radical (unpaired) electrons. The highest BCUT2D eigenvalue weighted by Crippen LogP contribution is 2.17. The third kappa shape index (κ3) is 4.80. The second-order valence-corrected chi connectivity index (χ2v) is 4.67. The minimum atomic E-state index is -0.529. The first-order chi connectivity index (χ1) is 7.09. The van der Waals surface area contributed by atoms with Gasteiger partial charge < -0.3 is 10.4 Å². The maximum Gasteiger partial charge on any atom is 0.0914 e. The number of hydrogen-bond acceptors (Lipinski definition) is 2. The Hall–Kier alpha value is -0.350. The molecule has 0 aliphatic rings. The average molecular weight is 291 g/mol. The summed E-state index contributed by atoms with van der Waals surface area (Å²) in [7, 11) is 0. The third-order valence-electron chi connectivity index (χ3n) is 1.89. The number of aliphatic hydroxyl groups is 1. The Bertz CT molecular complexity index is 343. The van der Waals surface area contributed by atoms with Crippen LogP contribution < -0.4 is 5.32 Å². The van der Waals surface area contributed by atoms with E-state index in [2.05, 4.69) is 27.8 Å². The number of aliphatic hydroxyl groups excluding tert-OH is 1. The fraction of sp³-hybridized carbons (Fsp3) is 0.273. The van der Waals surface area contributed by atoms with Crippen molar-refractivity contribution in [2.75, 3.05) is 13.1 Å². The zero-order chi connectivity index (χ0) is 11.3. The SMILES string of the molecule is C=C(Cl)CNCC(O)c1cccc(Br)c1. The van der Waals surface area contributed by atoms with Crippen molar-refractivity contribution in [1.29, 1.82) is 0 Å². The van der Waals surface area contributed by atoms with Gasteiger partial charge in [0.25, 0.3) is 0 Å². The molecule has 1 unspecified atom stereocenters. The van der Waals surface area contributed by atoms with Crippen molar-refractivity contribution in [3.63, 3.8) is 0 Å². The van der Waals surface area contributed by atoms with Gasteiger partial charge in [0.05, 0.1) is 6.10 Å². The van der Waals surface area contributed by atoms with Gasteiger partial charge in [-0.25, -0.2) is 0 Å². The average Bonchev–Trinajstić information content (AvgIpc) is 2.17. The summed E-state index contributed by atoms with van der Waals surface area (Å²) in [5, 5.41) is 13.3. The van der Waals surface area contributed by atoms with Crippen molar-refractivity contribution in [2.24, 2.45) is 0 Å². The molecule has 4 heteroatoms. The summed E-state index contributed by atoms with van der Waals surface area (Å²) in [6.45, 7) is 4.52. The van der Waals surface area contributed by atoms with E-state index in [1.165, 1.54) is 0 Å². The normalized spacial score (nSPS) is 12.5. The predicted molar refractivity (Wildman–Crippen MR) is 67.0 cm³/mol. The Labute approximate surface area is 103 Å². The summed E-state index contributed by atoms with van der Waals surface area (Å²) in [6, 6.07) is 7.59. The first-order valence-corrected chi connectivity index (χ1v) is 5.74. The van der Waals surface area contributed by atoms with Crippen LogP contribution in [-0.2, 0) is 0 Å². The van der Waals surface area contributed by atoms with E-state index >= 15 is 0 Å². The molecule has 1 aromatic carbocycles. The second-order valence-electron chi connectivity index (χ2n) is 3.22. The molecule has 15 heavy (non-hydrogen) atoms. The van der Waals surface area contributed by atoms with Crippen LogP contribution in [0.25, 0.3) is 0 Å². The Morgan fingerprint density at radius 3 is 2.93 bits per heavy atom. The first kappa shape index (κ1) is 12.7. The molecule has 1 atom stereocenters. The topological polar surface area (TPSA) is 32.3 Å². The highest BCUT2D eigenvalue weighted by atomic mass is 79.9. The summed E-state index contributed by atoms with van der Waals surface area (Å²) in [5.41, 5.74) is 0.872. The molecule has 0 saturated heterocycles. The van der Waals surface area contributed by atoms with Crippen LogP contribution in [0.4, 0.5) is 0 Å². The van der Waals surface area contributed by atoms with Crippen molar-refractivity contribution in [3.8, 4) is 0 Å². The Kier molecular flexibility index (Phi) is 5.32. The zero-order valence-corrected chi connectivity index (χ0v) is 10.6. The molecule has 0 heterocycles. The molecule has 0 spiro atoms. The molecule has 0 fully saturated rings. The molecule has 0 amide bonds. The molecular formula is C11H13BrClNO. The van der Waals surface area contributed by atoms with Crippen molar-refractivity contribution in [1.82, 2.24) is 5.32 Å². The van der Waals surface area contributed by atoms with Gasteiger partial charge in [-0.15, -0.1) is 0 Å². The van der Waals surface area contributed by atoms with Crippen LogP contribution in [0.1, 0.15) is 11.7 Å². The number of hydrogen-bond donors (Lipinski definition) is 2. The summed E-state index contributed by atoms with van der Waals surface area (Å²) in [5.74, 6) is 0. The maximum atomic E-state index is 9.80. The van der Waals surface area contributed by atoms with Crippen molar-refractivity contribution in [3.05, 3.63) is 45.9 Å². The van der Waals surface area contributed by atoms with Gasteiger partial charge in [0.2, 0.25) is 0 Å². The fourth-order valence-electron chi connectivity index (χ4n) is 1.18. The van der Waals surface area contributed by atoms with Gasteiger partial charge in [-0.3, -0.25) is 0 Å². The number of benzene rings is 1. The molecule has 0 saturated carbocycles. The molecule has 0 aromatic heterocycles. The molecular weight excluding hydrogens is 277 g/mol. The highest BCUT2D eigenvalue weighted by molar-refractivity contribution is 9.10. The molecule has 82 valence electrons. The summed E-state index contributed by atoms with van der Waals surface area (Å²) in [4.78, 5) is 0. The van der Waals surface area contributed by atoms with E-state index in [-0.39, 0.29) is 0 Å². The van der Waals surface area contributed by atoms with E-state index in [9.17, 15) is 5.11 Å². The highest BCUT2D eigenvalue weighted by Gasteiger charge is 2.06. The van der Waals surface area contributed by atoms with Gasteiger partial charge in [-0.1, -0.05) is 46.2 Å². The van der Waals surface area contributed by atoms with Gasteiger partial charge in [-0.2, -0.15) is 0 Å². The molecule has 0 bridgehead atoms. The summed E-state index contributed by atoms with van der Waals surface area (Å²) in [6.07, 6.45) is -0.529. The minimum Gasteiger partial charge on any atom is -0.387 e. The summed E-state index contributed by atoms with van der Waals surface area (Å²) >= 11 is 8.94. The lowest BCUT2D eigenvalue weighted by molar-refractivity contribution is 0.176. The predicted octanol–water partition coefficient (Wildman–Crippen LogP) is 2.82. The molecule has 1 rings (SSSR count). The quantitative estimate of drug-likeness (QED) is 0.874. The number of nitrogens with one attached hydrogen (secondary N) is 1. The lowest BCUT2D eigenvalue weighted by Gasteiger charge is -2.12. The molecule has 0 aliphatic carbocycles. The number of rotatable bonds is 5. The van der Waals surface area contributed by atoms with Gasteiger partial charge in [0.15, 0.2) is 0 Å². The van der Waals surface area contributed by atoms with Crippen molar-refractivity contribution >= 4 is 27.5 Å². The second kappa shape index (κ2) is 6.28.